The van der Waals surface area contributed by atoms with Gasteiger partial charge in [-0.1, -0.05) is 86.6 Å². The molecular formula is C36H26N2. The lowest BCUT2D eigenvalue weighted by molar-refractivity contribution is 0.645. The molecule has 0 unspecified atom stereocenters. The van der Waals surface area contributed by atoms with E-state index in [1.165, 1.54) is 71.6 Å². The highest BCUT2D eigenvalue weighted by Gasteiger charge is 2.35. The Kier molecular flexibility index (Phi) is 4.31. The van der Waals surface area contributed by atoms with Gasteiger partial charge < -0.3 is 4.57 Å². The molecule has 2 heteroatoms. The second-order valence-corrected chi connectivity index (χ2v) is 10.9. The van der Waals surface area contributed by atoms with Crippen LogP contribution in [0.1, 0.15) is 25.0 Å². The highest BCUT2D eigenvalue weighted by molar-refractivity contribution is 6.24. The molecule has 2 heterocycles. The lowest BCUT2D eigenvalue weighted by atomic mass is 9.68. The van der Waals surface area contributed by atoms with E-state index in [9.17, 15) is 0 Å². The van der Waals surface area contributed by atoms with Crippen LogP contribution in [-0.2, 0) is 5.41 Å². The molecule has 1 aliphatic rings. The maximum Gasteiger partial charge on any atom is 0.0553 e. The standard InChI is InChI=1S/C36H26N2/c1-36(2)29-11-5-3-9-27(29)35-33-25(8-7-12-30(33)36)22-32-34(35)28-10-4-6-13-31(28)38(32)26-16-14-23(15-17-26)24-18-20-37-21-19-24/h3-22H,1-2H3. The lowest BCUT2D eigenvalue weighted by Gasteiger charge is -2.35. The number of aromatic nitrogens is 2. The van der Waals surface area contributed by atoms with Gasteiger partial charge in [-0.15, -0.1) is 0 Å². The zero-order valence-electron chi connectivity index (χ0n) is 21.4. The van der Waals surface area contributed by atoms with Crippen LogP contribution in [0.4, 0.5) is 0 Å². The highest BCUT2D eigenvalue weighted by atomic mass is 15.0. The summed E-state index contributed by atoms with van der Waals surface area (Å²) in [7, 11) is 0. The van der Waals surface area contributed by atoms with Gasteiger partial charge in [0.25, 0.3) is 0 Å². The molecule has 0 fully saturated rings. The van der Waals surface area contributed by atoms with Crippen molar-refractivity contribution >= 4 is 32.6 Å². The Morgan fingerprint density at radius 1 is 0.605 bits per heavy atom. The van der Waals surface area contributed by atoms with Gasteiger partial charge >= 0.3 is 0 Å². The first kappa shape index (κ1) is 21.4. The first-order chi connectivity index (χ1) is 18.6. The third-order valence-electron chi connectivity index (χ3n) is 8.48. The van der Waals surface area contributed by atoms with Gasteiger partial charge in [0.15, 0.2) is 0 Å². The molecule has 0 saturated carbocycles. The molecule has 0 aliphatic heterocycles. The molecule has 0 amide bonds. The van der Waals surface area contributed by atoms with Crippen molar-refractivity contribution in [1.82, 2.24) is 9.55 Å². The van der Waals surface area contributed by atoms with E-state index in [0.717, 1.165) is 0 Å². The Morgan fingerprint density at radius 3 is 2.16 bits per heavy atom. The van der Waals surface area contributed by atoms with E-state index in [-0.39, 0.29) is 5.41 Å². The van der Waals surface area contributed by atoms with Crippen molar-refractivity contribution in [3.63, 3.8) is 0 Å². The zero-order valence-corrected chi connectivity index (χ0v) is 21.4. The Bertz CT molecular complexity index is 2030. The average molecular weight is 487 g/mol. The van der Waals surface area contributed by atoms with Gasteiger partial charge in [-0.05, 0) is 75.0 Å². The molecule has 7 aromatic rings. The van der Waals surface area contributed by atoms with Crippen molar-refractivity contribution < 1.29 is 0 Å². The van der Waals surface area contributed by atoms with E-state index in [1.807, 2.05) is 12.4 Å². The summed E-state index contributed by atoms with van der Waals surface area (Å²) in [6.45, 7) is 4.72. The summed E-state index contributed by atoms with van der Waals surface area (Å²) >= 11 is 0. The number of hydrogen-bond acceptors (Lipinski definition) is 1. The zero-order chi connectivity index (χ0) is 25.4. The molecule has 1 aliphatic carbocycles. The van der Waals surface area contributed by atoms with Crippen molar-refractivity contribution in [3.8, 4) is 27.9 Å². The van der Waals surface area contributed by atoms with Gasteiger partial charge in [-0.25, -0.2) is 0 Å². The van der Waals surface area contributed by atoms with Crippen molar-refractivity contribution in [2.45, 2.75) is 19.3 Å². The molecule has 0 N–H and O–H groups in total. The van der Waals surface area contributed by atoms with Crippen molar-refractivity contribution in [1.29, 1.82) is 0 Å². The number of pyridine rings is 1. The molecule has 0 saturated heterocycles. The first-order valence-electron chi connectivity index (χ1n) is 13.2. The summed E-state index contributed by atoms with van der Waals surface area (Å²) in [5.41, 5.74) is 11.5. The van der Waals surface area contributed by atoms with Crippen LogP contribution >= 0.6 is 0 Å². The van der Waals surface area contributed by atoms with E-state index >= 15 is 0 Å². The molecule has 180 valence electrons. The normalized spacial score (nSPS) is 13.7. The topological polar surface area (TPSA) is 17.8 Å². The monoisotopic (exact) mass is 486 g/mol. The fourth-order valence-electron chi connectivity index (χ4n) is 6.71. The minimum atomic E-state index is -0.0576. The molecule has 2 nitrogen and oxygen atoms in total. The summed E-state index contributed by atoms with van der Waals surface area (Å²) in [6, 6.07) is 40.1. The van der Waals surface area contributed by atoms with Gasteiger partial charge in [0, 0.05) is 39.8 Å². The quantitative estimate of drug-likeness (QED) is 0.238. The van der Waals surface area contributed by atoms with Crippen LogP contribution in [0.5, 0.6) is 0 Å². The van der Waals surface area contributed by atoms with Gasteiger partial charge in [0.05, 0.1) is 11.0 Å². The molecule has 2 aromatic heterocycles. The molecule has 0 radical (unpaired) electrons. The highest BCUT2D eigenvalue weighted by Crippen LogP contribution is 2.52. The van der Waals surface area contributed by atoms with E-state index < -0.39 is 0 Å². The van der Waals surface area contributed by atoms with Gasteiger partial charge in [0.2, 0.25) is 0 Å². The number of para-hydroxylation sites is 1. The Balaban J connectivity index is 1.50. The number of hydrogen-bond donors (Lipinski definition) is 0. The van der Waals surface area contributed by atoms with Crippen molar-refractivity contribution in [3.05, 3.63) is 133 Å². The maximum atomic E-state index is 4.17. The summed E-state index contributed by atoms with van der Waals surface area (Å²) in [5, 5.41) is 5.31. The van der Waals surface area contributed by atoms with Gasteiger partial charge in [-0.2, -0.15) is 0 Å². The number of rotatable bonds is 2. The Hall–Kier alpha value is -4.69. The number of nitrogens with zero attached hydrogens (tertiary/aromatic N) is 2. The van der Waals surface area contributed by atoms with Crippen LogP contribution in [-0.4, -0.2) is 9.55 Å². The molecule has 5 aromatic carbocycles. The van der Waals surface area contributed by atoms with Crippen LogP contribution in [0, 0.1) is 0 Å². The van der Waals surface area contributed by atoms with E-state index in [4.69, 9.17) is 0 Å². The summed E-state index contributed by atoms with van der Waals surface area (Å²) in [5.74, 6) is 0. The Labute approximate surface area is 221 Å². The van der Waals surface area contributed by atoms with Gasteiger partial charge in [-0.3, -0.25) is 4.98 Å². The van der Waals surface area contributed by atoms with Crippen LogP contribution < -0.4 is 0 Å². The van der Waals surface area contributed by atoms with Crippen molar-refractivity contribution in [2.24, 2.45) is 0 Å². The predicted molar refractivity (Wildman–Crippen MR) is 159 cm³/mol. The van der Waals surface area contributed by atoms with E-state index in [0.29, 0.717) is 0 Å². The number of fused-ring (bicyclic) bond motifs is 6. The molecule has 0 bridgehead atoms. The van der Waals surface area contributed by atoms with Crippen LogP contribution in [0.15, 0.2) is 122 Å². The van der Waals surface area contributed by atoms with Crippen LogP contribution in [0.25, 0.3) is 60.5 Å². The van der Waals surface area contributed by atoms with E-state index in [2.05, 4.69) is 133 Å². The predicted octanol–water partition coefficient (Wildman–Crippen LogP) is 9.31. The third kappa shape index (κ3) is 2.80. The van der Waals surface area contributed by atoms with Crippen LogP contribution in [0.2, 0.25) is 0 Å². The number of benzene rings is 5. The minimum Gasteiger partial charge on any atom is -0.309 e. The SMILES string of the molecule is CC1(C)c2ccccc2-c2c3c1cccc3cc1c2c2ccccc2n1-c1ccc(-c2ccncc2)cc1. The molecule has 8 rings (SSSR count). The maximum absolute atomic E-state index is 4.17. The summed E-state index contributed by atoms with van der Waals surface area (Å²) < 4.78 is 2.44. The lowest BCUT2D eigenvalue weighted by Crippen LogP contribution is -2.23. The summed E-state index contributed by atoms with van der Waals surface area (Å²) in [4.78, 5) is 4.17. The average Bonchev–Trinajstić information content (AvgIpc) is 3.29. The smallest absolute Gasteiger partial charge is 0.0553 e. The fourth-order valence-corrected chi connectivity index (χ4v) is 6.71. The first-order valence-corrected chi connectivity index (χ1v) is 13.2. The second-order valence-electron chi connectivity index (χ2n) is 10.9. The fraction of sp³-hybridized carbons (Fsp3) is 0.0833. The largest absolute Gasteiger partial charge is 0.309 e. The second kappa shape index (κ2) is 7.66. The summed E-state index contributed by atoms with van der Waals surface area (Å²) in [6.07, 6.45) is 3.69. The molecule has 0 spiro atoms. The van der Waals surface area contributed by atoms with Gasteiger partial charge in [0.1, 0.15) is 0 Å². The molecule has 0 atom stereocenters. The minimum absolute atomic E-state index is 0.0576. The van der Waals surface area contributed by atoms with Crippen molar-refractivity contribution in [2.75, 3.05) is 0 Å². The Morgan fingerprint density at radius 2 is 1.32 bits per heavy atom. The molecular weight excluding hydrogens is 460 g/mol. The third-order valence-corrected chi connectivity index (χ3v) is 8.48. The molecule has 38 heavy (non-hydrogen) atoms. The van der Waals surface area contributed by atoms with E-state index in [1.54, 1.807) is 0 Å². The van der Waals surface area contributed by atoms with Crippen LogP contribution in [0.3, 0.4) is 0 Å².